The van der Waals surface area contributed by atoms with Crippen LogP contribution in [0.15, 0.2) is 33.6 Å². The molecule has 0 saturated carbocycles. The monoisotopic (exact) mass is 316 g/mol. The van der Waals surface area contributed by atoms with Crippen LogP contribution in [-0.2, 0) is 16.4 Å². The number of hydrogen-bond acceptors (Lipinski definition) is 5. The predicted octanol–water partition coefficient (Wildman–Crippen LogP) is 2.90. The molecule has 0 radical (unpaired) electrons. The summed E-state index contributed by atoms with van der Waals surface area (Å²) in [6.45, 7) is 3.63. The van der Waals surface area contributed by atoms with Crippen molar-refractivity contribution in [3.8, 4) is 0 Å². The van der Waals surface area contributed by atoms with E-state index in [1.807, 2.05) is 0 Å². The van der Waals surface area contributed by atoms with Gasteiger partial charge in [0.05, 0.1) is 22.8 Å². The number of anilines is 1. The third kappa shape index (κ3) is 3.21. The van der Waals surface area contributed by atoms with Crippen molar-refractivity contribution in [2.75, 3.05) is 5.32 Å². The molecule has 0 aliphatic rings. The molecule has 0 unspecified atom stereocenters. The molecule has 0 aliphatic carbocycles. The Morgan fingerprint density at radius 2 is 1.95 bits per heavy atom. The number of para-hydroxylation sites is 1. The molecule has 2 rings (SSSR count). The summed E-state index contributed by atoms with van der Waals surface area (Å²) in [6, 6.07) is 5.49. The van der Waals surface area contributed by atoms with Gasteiger partial charge in [-0.2, -0.15) is 8.78 Å². The van der Waals surface area contributed by atoms with Crippen molar-refractivity contribution >= 4 is 15.5 Å². The highest BCUT2D eigenvalue weighted by Gasteiger charge is 2.29. The van der Waals surface area contributed by atoms with E-state index in [0.717, 1.165) is 11.8 Å². The first-order valence-electron chi connectivity index (χ1n) is 6.10. The van der Waals surface area contributed by atoms with Gasteiger partial charge in [0.25, 0.3) is 0 Å². The molecule has 1 aromatic heterocycles. The Kier molecular flexibility index (Phi) is 4.26. The highest BCUT2D eigenvalue weighted by Crippen LogP contribution is 2.26. The van der Waals surface area contributed by atoms with E-state index in [-0.39, 0.29) is 12.2 Å². The average Bonchev–Trinajstić information content (AvgIpc) is 2.75. The Hall–Kier alpha value is -1.96. The molecule has 0 bridgehead atoms. The lowest BCUT2D eigenvalue weighted by Gasteiger charge is -2.10. The van der Waals surface area contributed by atoms with Gasteiger partial charge in [-0.05, 0) is 26.0 Å². The Morgan fingerprint density at radius 1 is 1.29 bits per heavy atom. The number of rotatable bonds is 5. The number of nitrogens with one attached hydrogen (secondary N) is 1. The van der Waals surface area contributed by atoms with Crippen LogP contribution in [0.2, 0.25) is 0 Å². The molecule has 1 N–H and O–H groups in total. The van der Waals surface area contributed by atoms with Crippen molar-refractivity contribution in [3.05, 3.63) is 41.6 Å². The van der Waals surface area contributed by atoms with Gasteiger partial charge in [0, 0.05) is 0 Å². The quantitative estimate of drug-likeness (QED) is 0.918. The summed E-state index contributed by atoms with van der Waals surface area (Å²) in [4.78, 5) is 3.68. The maximum atomic E-state index is 12.7. The standard InChI is InChI=1S/C13H14F2N2O3S/c1-8-9(2)20-12(17-8)7-16-10-5-3-4-6-11(10)21(18,19)13(14)15/h3-6,13,16H,7H2,1-2H3. The van der Waals surface area contributed by atoms with Gasteiger partial charge >= 0.3 is 5.76 Å². The molecular formula is C13H14F2N2O3S. The van der Waals surface area contributed by atoms with Gasteiger partial charge in [0.15, 0.2) is 0 Å². The van der Waals surface area contributed by atoms with E-state index in [4.69, 9.17) is 4.42 Å². The Bertz CT molecular complexity index is 722. The van der Waals surface area contributed by atoms with Gasteiger partial charge < -0.3 is 9.73 Å². The molecule has 0 saturated heterocycles. The SMILES string of the molecule is Cc1nc(CNc2ccccc2S(=O)(=O)C(F)F)oc1C. The molecule has 0 atom stereocenters. The molecule has 0 amide bonds. The number of alkyl halides is 2. The minimum atomic E-state index is -4.66. The number of halogens is 2. The van der Waals surface area contributed by atoms with Crippen LogP contribution in [0.4, 0.5) is 14.5 Å². The zero-order chi connectivity index (χ0) is 15.6. The molecule has 114 valence electrons. The Balaban J connectivity index is 2.25. The van der Waals surface area contributed by atoms with Crippen LogP contribution < -0.4 is 5.32 Å². The molecule has 0 fully saturated rings. The van der Waals surface area contributed by atoms with Crippen LogP contribution in [0.25, 0.3) is 0 Å². The van der Waals surface area contributed by atoms with Gasteiger partial charge in [-0.15, -0.1) is 0 Å². The van der Waals surface area contributed by atoms with Crippen molar-refractivity contribution < 1.29 is 21.6 Å². The number of hydrogen-bond donors (Lipinski definition) is 1. The molecule has 8 heteroatoms. The van der Waals surface area contributed by atoms with Crippen LogP contribution >= 0.6 is 0 Å². The zero-order valence-corrected chi connectivity index (χ0v) is 12.2. The van der Waals surface area contributed by atoms with Crippen molar-refractivity contribution in [3.63, 3.8) is 0 Å². The molecule has 1 aromatic carbocycles. The first-order valence-corrected chi connectivity index (χ1v) is 7.65. The van der Waals surface area contributed by atoms with E-state index in [0.29, 0.717) is 11.7 Å². The molecule has 1 heterocycles. The zero-order valence-electron chi connectivity index (χ0n) is 11.4. The highest BCUT2D eigenvalue weighted by molar-refractivity contribution is 7.91. The lowest BCUT2D eigenvalue weighted by atomic mass is 10.3. The van der Waals surface area contributed by atoms with Gasteiger partial charge in [-0.3, -0.25) is 0 Å². The van der Waals surface area contributed by atoms with Gasteiger partial charge in [0.2, 0.25) is 15.7 Å². The number of nitrogens with zero attached hydrogens (tertiary/aromatic N) is 1. The molecule has 0 spiro atoms. The number of benzene rings is 1. The topological polar surface area (TPSA) is 72.2 Å². The summed E-state index contributed by atoms with van der Waals surface area (Å²) < 4.78 is 53.8. The second-order valence-corrected chi connectivity index (χ2v) is 6.29. The number of sulfone groups is 1. The summed E-state index contributed by atoms with van der Waals surface area (Å²) in [6.07, 6.45) is 0. The molecule has 5 nitrogen and oxygen atoms in total. The maximum Gasteiger partial charge on any atom is 0.341 e. The van der Waals surface area contributed by atoms with E-state index in [9.17, 15) is 17.2 Å². The minimum Gasteiger partial charge on any atom is -0.444 e. The molecular weight excluding hydrogens is 302 g/mol. The number of oxazole rings is 1. The Labute approximate surface area is 120 Å². The smallest absolute Gasteiger partial charge is 0.341 e. The normalized spacial score (nSPS) is 11.9. The fourth-order valence-corrected chi connectivity index (χ4v) is 2.65. The van der Waals surface area contributed by atoms with E-state index in [2.05, 4.69) is 10.3 Å². The molecule has 21 heavy (non-hydrogen) atoms. The lowest BCUT2D eigenvalue weighted by Crippen LogP contribution is -2.14. The fraction of sp³-hybridized carbons (Fsp3) is 0.308. The van der Waals surface area contributed by atoms with Crippen molar-refractivity contribution in [2.45, 2.75) is 31.0 Å². The van der Waals surface area contributed by atoms with Gasteiger partial charge in [-0.1, -0.05) is 12.1 Å². The summed E-state index contributed by atoms with van der Waals surface area (Å²) in [5.74, 6) is -2.46. The maximum absolute atomic E-state index is 12.7. The molecule has 2 aromatic rings. The summed E-state index contributed by atoms with van der Waals surface area (Å²) >= 11 is 0. The van der Waals surface area contributed by atoms with Crippen LogP contribution in [0.5, 0.6) is 0 Å². The second-order valence-electron chi connectivity index (χ2n) is 4.40. The highest BCUT2D eigenvalue weighted by atomic mass is 32.2. The third-order valence-electron chi connectivity index (χ3n) is 2.93. The van der Waals surface area contributed by atoms with Crippen molar-refractivity contribution in [1.29, 1.82) is 0 Å². The summed E-state index contributed by atoms with van der Waals surface area (Å²) in [5, 5.41) is 2.76. The summed E-state index contributed by atoms with van der Waals surface area (Å²) in [5.41, 5.74) is 0.812. The van der Waals surface area contributed by atoms with Crippen LogP contribution in [-0.4, -0.2) is 19.2 Å². The summed E-state index contributed by atoms with van der Waals surface area (Å²) in [7, 11) is -4.66. The first kappa shape index (κ1) is 15.4. The van der Waals surface area contributed by atoms with E-state index in [1.165, 1.54) is 12.1 Å². The lowest BCUT2D eigenvalue weighted by molar-refractivity contribution is 0.235. The Morgan fingerprint density at radius 3 is 2.52 bits per heavy atom. The number of aromatic nitrogens is 1. The van der Waals surface area contributed by atoms with E-state index >= 15 is 0 Å². The molecule has 0 aliphatic heterocycles. The van der Waals surface area contributed by atoms with Crippen molar-refractivity contribution in [1.82, 2.24) is 4.98 Å². The van der Waals surface area contributed by atoms with Crippen LogP contribution in [0, 0.1) is 13.8 Å². The first-order chi connectivity index (χ1) is 9.82. The minimum absolute atomic E-state index is 0.0892. The predicted molar refractivity (Wildman–Crippen MR) is 72.9 cm³/mol. The average molecular weight is 316 g/mol. The third-order valence-corrected chi connectivity index (χ3v) is 4.37. The fourth-order valence-electron chi connectivity index (χ4n) is 1.74. The van der Waals surface area contributed by atoms with Crippen LogP contribution in [0.3, 0.4) is 0 Å². The van der Waals surface area contributed by atoms with E-state index < -0.39 is 20.5 Å². The van der Waals surface area contributed by atoms with Crippen molar-refractivity contribution in [2.24, 2.45) is 0 Å². The van der Waals surface area contributed by atoms with E-state index in [1.54, 1.807) is 19.9 Å². The van der Waals surface area contributed by atoms with Crippen LogP contribution in [0.1, 0.15) is 17.3 Å². The second kappa shape index (κ2) is 5.80. The van der Waals surface area contributed by atoms with Gasteiger partial charge in [0.1, 0.15) is 5.76 Å². The number of aryl methyl sites for hydroxylation is 2. The largest absolute Gasteiger partial charge is 0.444 e. The van der Waals surface area contributed by atoms with Gasteiger partial charge in [-0.25, -0.2) is 13.4 Å².